The van der Waals surface area contributed by atoms with Crippen LogP contribution in [0, 0.1) is 5.82 Å². The van der Waals surface area contributed by atoms with Gasteiger partial charge in [-0.1, -0.05) is 6.92 Å². The number of hydrogen-bond acceptors (Lipinski definition) is 8. The van der Waals surface area contributed by atoms with E-state index in [0.717, 1.165) is 0 Å². The van der Waals surface area contributed by atoms with Gasteiger partial charge >= 0.3 is 5.97 Å². The largest absolute Gasteiger partial charge is 0.489 e. The number of carboxylic acids is 1. The van der Waals surface area contributed by atoms with Crippen LogP contribution in [0.4, 0.5) is 10.4 Å². The molecule has 164 valence electrons. The third-order valence-corrected chi connectivity index (χ3v) is 5.74. The molecule has 0 aliphatic carbocycles. The highest BCUT2D eigenvalue weighted by atomic mass is 79.9. The zero-order valence-corrected chi connectivity index (χ0v) is 18.2. The predicted molar refractivity (Wildman–Crippen MR) is 110 cm³/mol. The molecule has 10 nitrogen and oxygen atoms in total. The Morgan fingerprint density at radius 3 is 2.90 bits per heavy atom. The van der Waals surface area contributed by atoms with Crippen molar-refractivity contribution in [1.82, 2.24) is 25.2 Å². The molecule has 0 spiro atoms. The Labute approximate surface area is 185 Å². The number of nitrogens with zero attached hydrogens (tertiary/aromatic N) is 6. The zero-order chi connectivity index (χ0) is 22.0. The second kappa shape index (κ2) is 9.00. The van der Waals surface area contributed by atoms with Crippen molar-refractivity contribution in [2.24, 2.45) is 0 Å². The van der Waals surface area contributed by atoms with Gasteiger partial charge in [0, 0.05) is 32.0 Å². The number of carboxylic acid groups (broad SMARTS) is 1. The van der Waals surface area contributed by atoms with Crippen LogP contribution in [0.15, 0.2) is 33.4 Å². The fourth-order valence-electron chi connectivity index (χ4n) is 3.45. The summed E-state index contributed by atoms with van der Waals surface area (Å²) in [6.07, 6.45) is 3.09. The number of oxazole rings is 1. The number of aliphatic carboxylic acids is 1. The van der Waals surface area contributed by atoms with E-state index >= 15 is 0 Å². The Kier molecular flexibility index (Phi) is 6.16. The van der Waals surface area contributed by atoms with Gasteiger partial charge in [0.05, 0.1) is 4.47 Å². The molecular formula is C19H20BrFN6O4. The average molecular weight is 495 g/mol. The number of hydrogen-bond donors (Lipinski definition) is 1. The number of halogens is 2. The number of carbonyl (C=O) groups is 1. The quantitative estimate of drug-likeness (QED) is 0.527. The van der Waals surface area contributed by atoms with Crippen molar-refractivity contribution in [2.45, 2.75) is 38.3 Å². The smallest absolute Gasteiger partial charge is 0.328 e. The predicted octanol–water partition coefficient (Wildman–Crippen LogP) is 3.31. The number of piperidine rings is 1. The average Bonchev–Trinajstić information content (AvgIpc) is 3.41. The van der Waals surface area contributed by atoms with E-state index in [-0.39, 0.29) is 17.7 Å². The highest BCUT2D eigenvalue weighted by molar-refractivity contribution is 9.10. The van der Waals surface area contributed by atoms with Crippen LogP contribution in [-0.2, 0) is 4.79 Å². The first-order valence-electron chi connectivity index (χ1n) is 9.79. The number of ether oxygens (including phenoxy) is 1. The monoisotopic (exact) mass is 494 g/mol. The van der Waals surface area contributed by atoms with E-state index in [9.17, 15) is 14.3 Å². The van der Waals surface area contributed by atoms with Gasteiger partial charge in [-0.25, -0.2) is 13.9 Å². The molecule has 1 atom stereocenters. The number of tetrazole rings is 1. The van der Waals surface area contributed by atoms with Gasteiger partial charge in [0.25, 0.3) is 6.01 Å². The lowest BCUT2D eigenvalue weighted by Gasteiger charge is -2.31. The Bertz CT molecular complexity index is 1070. The van der Waals surface area contributed by atoms with Crippen LogP contribution in [0.3, 0.4) is 0 Å². The van der Waals surface area contributed by atoms with Crippen LogP contribution in [0.25, 0.3) is 11.5 Å². The van der Waals surface area contributed by atoms with Crippen molar-refractivity contribution >= 4 is 27.9 Å². The lowest BCUT2D eigenvalue weighted by molar-refractivity contribution is -0.141. The summed E-state index contributed by atoms with van der Waals surface area (Å²) in [6, 6.07) is 3.87. The van der Waals surface area contributed by atoms with Gasteiger partial charge in [-0.2, -0.15) is 4.98 Å². The van der Waals surface area contributed by atoms with E-state index < -0.39 is 12.0 Å². The highest BCUT2D eigenvalue weighted by Gasteiger charge is 2.27. The highest BCUT2D eigenvalue weighted by Crippen LogP contribution is 2.30. The summed E-state index contributed by atoms with van der Waals surface area (Å²) >= 11 is 3.38. The number of aromatic nitrogens is 5. The molecule has 2 aromatic heterocycles. The summed E-state index contributed by atoms with van der Waals surface area (Å²) in [5.41, 5.74) is 0.363. The van der Waals surface area contributed by atoms with Crippen molar-refractivity contribution in [3.63, 3.8) is 0 Å². The van der Waals surface area contributed by atoms with Crippen LogP contribution in [0.1, 0.15) is 32.2 Å². The Hall–Kier alpha value is -3.02. The summed E-state index contributed by atoms with van der Waals surface area (Å²) in [6.45, 7) is 3.01. The van der Waals surface area contributed by atoms with E-state index in [0.29, 0.717) is 54.3 Å². The van der Waals surface area contributed by atoms with Crippen LogP contribution >= 0.6 is 15.9 Å². The van der Waals surface area contributed by atoms with E-state index in [1.165, 1.54) is 23.1 Å². The molecule has 1 N–H and O–H groups in total. The van der Waals surface area contributed by atoms with E-state index in [1.54, 1.807) is 13.0 Å². The van der Waals surface area contributed by atoms with Gasteiger partial charge in [0.2, 0.25) is 5.82 Å². The molecule has 1 aromatic carbocycles. The van der Waals surface area contributed by atoms with E-state index in [4.69, 9.17) is 9.15 Å². The molecule has 0 radical (unpaired) electrons. The van der Waals surface area contributed by atoms with Gasteiger partial charge in [0.15, 0.2) is 11.7 Å². The Morgan fingerprint density at radius 1 is 1.42 bits per heavy atom. The second-order valence-electron chi connectivity index (χ2n) is 7.10. The number of anilines is 1. The zero-order valence-electron chi connectivity index (χ0n) is 16.6. The minimum Gasteiger partial charge on any atom is -0.489 e. The molecule has 31 heavy (non-hydrogen) atoms. The van der Waals surface area contributed by atoms with Crippen LogP contribution in [0.2, 0.25) is 0 Å². The van der Waals surface area contributed by atoms with Crippen molar-refractivity contribution in [3.05, 3.63) is 34.8 Å². The van der Waals surface area contributed by atoms with Crippen LogP contribution < -0.4 is 9.64 Å². The lowest BCUT2D eigenvalue weighted by atomic mass is 10.1. The van der Waals surface area contributed by atoms with Crippen molar-refractivity contribution in [3.8, 4) is 17.3 Å². The standard InChI is InChI=1S/C19H20BrFN6O4/c1-2-15(18(28)29)27-17(23-24-25-27)14-10-30-19(22-14)26-7-5-12(6-8-26)31-16-9-11(21)3-4-13(16)20/h3-4,9-10,12,15H,2,5-8H2,1H3,(H,28,29). The Morgan fingerprint density at radius 2 is 2.19 bits per heavy atom. The first-order valence-corrected chi connectivity index (χ1v) is 10.6. The first-order chi connectivity index (χ1) is 15.0. The molecule has 0 amide bonds. The van der Waals surface area contributed by atoms with Crippen molar-refractivity contribution in [2.75, 3.05) is 18.0 Å². The third-order valence-electron chi connectivity index (χ3n) is 5.08. The second-order valence-corrected chi connectivity index (χ2v) is 7.96. The molecule has 12 heteroatoms. The van der Waals surface area contributed by atoms with Crippen molar-refractivity contribution < 1.29 is 23.4 Å². The molecule has 0 saturated carbocycles. The summed E-state index contributed by atoms with van der Waals surface area (Å²) in [5, 5.41) is 20.7. The summed E-state index contributed by atoms with van der Waals surface area (Å²) in [7, 11) is 0. The molecule has 1 fully saturated rings. The maximum Gasteiger partial charge on any atom is 0.328 e. The SMILES string of the molecule is CCC(C(=O)O)n1nnnc1-c1coc(N2CCC(Oc3cc(F)ccc3Br)CC2)n1. The Balaban J connectivity index is 1.42. The summed E-state index contributed by atoms with van der Waals surface area (Å²) in [4.78, 5) is 17.9. The van der Waals surface area contributed by atoms with Gasteiger partial charge in [-0.05, 0) is 44.9 Å². The maximum absolute atomic E-state index is 13.5. The fraction of sp³-hybridized carbons (Fsp3) is 0.421. The molecular weight excluding hydrogens is 475 g/mol. The van der Waals surface area contributed by atoms with Crippen LogP contribution in [-0.4, -0.2) is 55.5 Å². The first kappa shape index (κ1) is 21.2. The van der Waals surface area contributed by atoms with Gasteiger partial charge in [-0.3, -0.25) is 0 Å². The third kappa shape index (κ3) is 4.53. The van der Waals surface area contributed by atoms with E-state index in [2.05, 4.69) is 36.4 Å². The molecule has 1 saturated heterocycles. The maximum atomic E-state index is 13.5. The molecule has 3 heterocycles. The van der Waals surface area contributed by atoms with Gasteiger partial charge in [-0.15, -0.1) is 5.10 Å². The summed E-state index contributed by atoms with van der Waals surface area (Å²) in [5.74, 6) is -0.656. The summed E-state index contributed by atoms with van der Waals surface area (Å²) < 4.78 is 27.0. The molecule has 1 aliphatic rings. The van der Waals surface area contributed by atoms with Crippen molar-refractivity contribution in [1.29, 1.82) is 0 Å². The molecule has 1 aliphatic heterocycles. The topological polar surface area (TPSA) is 119 Å². The normalized spacial score (nSPS) is 15.8. The van der Waals surface area contributed by atoms with Crippen LogP contribution in [0.5, 0.6) is 5.75 Å². The molecule has 1 unspecified atom stereocenters. The fourth-order valence-corrected chi connectivity index (χ4v) is 3.79. The minimum absolute atomic E-state index is 0.0584. The minimum atomic E-state index is -1.02. The molecule has 3 aromatic rings. The van der Waals surface area contributed by atoms with Gasteiger partial charge in [0.1, 0.15) is 23.9 Å². The molecule has 0 bridgehead atoms. The van der Waals surface area contributed by atoms with E-state index in [1.807, 2.05) is 4.90 Å². The van der Waals surface area contributed by atoms with Gasteiger partial charge < -0.3 is 19.2 Å². The molecule has 4 rings (SSSR count). The lowest BCUT2D eigenvalue weighted by Crippen LogP contribution is -2.38. The number of rotatable bonds is 7. The number of benzene rings is 1.